The summed E-state index contributed by atoms with van der Waals surface area (Å²) in [6.45, 7) is 7.59. The highest BCUT2D eigenvalue weighted by Gasteiger charge is 2.43. The Bertz CT molecular complexity index is 587. The topological polar surface area (TPSA) is 63.5 Å². The van der Waals surface area contributed by atoms with Gasteiger partial charge in [0.1, 0.15) is 5.69 Å². The third-order valence-corrected chi connectivity index (χ3v) is 5.25. The maximum atomic E-state index is 12.6. The minimum absolute atomic E-state index is 0.125. The number of likely N-dealkylation sites (N-methyl/N-ethyl adjacent to an activating group) is 1. The number of carbonyl (C=O) groups excluding carboxylic acids is 1. The van der Waals surface area contributed by atoms with Crippen LogP contribution >= 0.6 is 0 Å². The number of fused-ring (bicyclic) bond motifs is 3. The van der Waals surface area contributed by atoms with Crippen LogP contribution in [-0.2, 0) is 22.7 Å². The van der Waals surface area contributed by atoms with Crippen molar-refractivity contribution in [3.63, 3.8) is 0 Å². The average Bonchev–Trinajstić information content (AvgIpc) is 3.02. The summed E-state index contributed by atoms with van der Waals surface area (Å²) in [6, 6.07) is 0.439. The first-order valence-corrected chi connectivity index (χ1v) is 8.60. The van der Waals surface area contributed by atoms with Crippen LogP contribution in [0.25, 0.3) is 0 Å². The maximum Gasteiger partial charge on any atom is 0.227 e. The average molecular weight is 333 g/mol. The van der Waals surface area contributed by atoms with E-state index in [-0.39, 0.29) is 11.8 Å². The van der Waals surface area contributed by atoms with E-state index in [2.05, 4.69) is 21.8 Å². The van der Waals surface area contributed by atoms with E-state index in [0.717, 1.165) is 38.2 Å². The number of ether oxygens (including phenoxy) is 1. The molecule has 2 bridgehead atoms. The Hall–Kier alpha value is -1.73. The fourth-order valence-corrected chi connectivity index (χ4v) is 4.03. The van der Waals surface area contributed by atoms with Crippen LogP contribution in [-0.4, -0.2) is 70.5 Å². The molecule has 1 unspecified atom stereocenters. The zero-order valence-electron chi connectivity index (χ0n) is 14.6. The first-order chi connectivity index (χ1) is 11.6. The Balaban J connectivity index is 1.60. The molecular formula is C17H27N5O2. The molecule has 3 fully saturated rings. The number of amides is 1. The second-order valence-corrected chi connectivity index (χ2v) is 6.91. The standard InChI is InChI=1S/C17H27N5O2/c1-4-6-20(2)17(23)16-11-21-7-5-13(16)8-15(21)10-22-9-14(12-24-3)18-19-22/h4,9,13,15-16H,1,5-8,10-12H2,2-3H3/t13-,15-,16+/m1/s1. The van der Waals surface area contributed by atoms with Gasteiger partial charge >= 0.3 is 0 Å². The van der Waals surface area contributed by atoms with Crippen molar-refractivity contribution >= 4 is 5.91 Å². The summed E-state index contributed by atoms with van der Waals surface area (Å²) in [4.78, 5) is 16.9. The van der Waals surface area contributed by atoms with Crippen molar-refractivity contribution in [2.75, 3.05) is 33.8 Å². The highest BCUT2D eigenvalue weighted by atomic mass is 16.5. The molecule has 1 aromatic rings. The van der Waals surface area contributed by atoms with Crippen LogP contribution < -0.4 is 0 Å². The van der Waals surface area contributed by atoms with Crippen LogP contribution in [0, 0.1) is 11.8 Å². The van der Waals surface area contributed by atoms with Crippen molar-refractivity contribution < 1.29 is 9.53 Å². The van der Waals surface area contributed by atoms with E-state index >= 15 is 0 Å². The maximum absolute atomic E-state index is 12.6. The second kappa shape index (κ2) is 7.44. The molecule has 4 atom stereocenters. The molecule has 3 saturated heterocycles. The number of rotatable bonds is 7. The van der Waals surface area contributed by atoms with Gasteiger partial charge in [0, 0.05) is 33.3 Å². The first-order valence-electron chi connectivity index (χ1n) is 8.60. The monoisotopic (exact) mass is 333 g/mol. The molecule has 0 spiro atoms. The number of carbonyl (C=O) groups is 1. The summed E-state index contributed by atoms with van der Waals surface area (Å²) < 4.78 is 6.99. The molecule has 1 aromatic heterocycles. The molecule has 7 nitrogen and oxygen atoms in total. The first kappa shape index (κ1) is 17.1. The van der Waals surface area contributed by atoms with Gasteiger partial charge in [0.05, 0.1) is 25.3 Å². The van der Waals surface area contributed by atoms with E-state index in [1.807, 2.05) is 17.9 Å². The summed E-state index contributed by atoms with van der Waals surface area (Å²) in [5.41, 5.74) is 0.854. The van der Waals surface area contributed by atoms with Gasteiger partial charge in [-0.3, -0.25) is 14.4 Å². The number of nitrogens with zero attached hydrogens (tertiary/aromatic N) is 5. The molecule has 7 heteroatoms. The molecule has 4 rings (SSSR count). The molecule has 0 saturated carbocycles. The van der Waals surface area contributed by atoms with Crippen LogP contribution in [0.2, 0.25) is 0 Å². The van der Waals surface area contributed by atoms with Gasteiger partial charge < -0.3 is 9.64 Å². The lowest BCUT2D eigenvalue weighted by molar-refractivity contribution is -0.142. The molecular weight excluding hydrogens is 306 g/mol. The molecule has 1 amide bonds. The lowest BCUT2D eigenvalue weighted by Crippen LogP contribution is -2.58. The van der Waals surface area contributed by atoms with E-state index in [1.165, 1.54) is 0 Å². The molecule has 132 valence electrons. The molecule has 3 aliphatic heterocycles. The van der Waals surface area contributed by atoms with Gasteiger partial charge in [0.2, 0.25) is 5.91 Å². The van der Waals surface area contributed by atoms with Crippen LogP contribution in [0.3, 0.4) is 0 Å². The van der Waals surface area contributed by atoms with Crippen molar-refractivity contribution in [1.29, 1.82) is 0 Å². The summed E-state index contributed by atoms with van der Waals surface area (Å²) in [5, 5.41) is 8.31. The number of hydrogen-bond donors (Lipinski definition) is 0. The highest BCUT2D eigenvalue weighted by molar-refractivity contribution is 5.79. The molecule has 0 aliphatic carbocycles. The quantitative estimate of drug-likeness (QED) is 0.690. The van der Waals surface area contributed by atoms with Gasteiger partial charge in [0.15, 0.2) is 0 Å². The van der Waals surface area contributed by atoms with Crippen LogP contribution in [0.15, 0.2) is 18.9 Å². The van der Waals surface area contributed by atoms with Crippen molar-refractivity contribution in [2.24, 2.45) is 11.8 Å². The minimum atomic E-state index is 0.125. The molecule has 0 N–H and O–H groups in total. The van der Waals surface area contributed by atoms with Crippen molar-refractivity contribution in [2.45, 2.75) is 32.0 Å². The molecule has 4 heterocycles. The van der Waals surface area contributed by atoms with Gasteiger partial charge in [-0.2, -0.15) is 0 Å². The normalized spacial score (nSPS) is 28.8. The zero-order chi connectivity index (χ0) is 17.1. The molecule has 3 aliphatic rings. The van der Waals surface area contributed by atoms with Crippen LogP contribution in [0.5, 0.6) is 0 Å². The molecule has 0 radical (unpaired) electrons. The third-order valence-electron chi connectivity index (χ3n) is 5.25. The predicted molar refractivity (Wildman–Crippen MR) is 90.1 cm³/mol. The Morgan fingerprint density at radius 1 is 1.58 bits per heavy atom. The lowest BCUT2D eigenvalue weighted by Gasteiger charge is -2.49. The van der Waals surface area contributed by atoms with E-state index < -0.39 is 0 Å². The van der Waals surface area contributed by atoms with Gasteiger partial charge in [0.25, 0.3) is 0 Å². The fourth-order valence-electron chi connectivity index (χ4n) is 4.03. The highest BCUT2D eigenvalue weighted by Crippen LogP contribution is 2.37. The summed E-state index contributed by atoms with van der Waals surface area (Å²) in [6.07, 6.45) is 5.90. The van der Waals surface area contributed by atoms with Gasteiger partial charge in [-0.15, -0.1) is 11.7 Å². The Labute approximate surface area is 143 Å². The summed E-state index contributed by atoms with van der Waals surface area (Å²) in [7, 11) is 3.52. The Kier molecular flexibility index (Phi) is 5.30. The second-order valence-electron chi connectivity index (χ2n) is 6.91. The van der Waals surface area contributed by atoms with Gasteiger partial charge in [-0.1, -0.05) is 11.3 Å². The van der Waals surface area contributed by atoms with E-state index in [1.54, 1.807) is 18.1 Å². The van der Waals surface area contributed by atoms with Crippen molar-refractivity contribution in [1.82, 2.24) is 24.8 Å². The van der Waals surface area contributed by atoms with E-state index in [4.69, 9.17) is 4.74 Å². The zero-order valence-corrected chi connectivity index (χ0v) is 14.6. The number of aromatic nitrogens is 3. The van der Waals surface area contributed by atoms with Gasteiger partial charge in [-0.25, -0.2) is 0 Å². The summed E-state index contributed by atoms with van der Waals surface area (Å²) in [5.74, 6) is 0.854. The minimum Gasteiger partial charge on any atom is -0.378 e. The van der Waals surface area contributed by atoms with Crippen molar-refractivity contribution in [3.8, 4) is 0 Å². The van der Waals surface area contributed by atoms with Crippen molar-refractivity contribution in [3.05, 3.63) is 24.5 Å². The molecule has 24 heavy (non-hydrogen) atoms. The van der Waals surface area contributed by atoms with E-state index in [9.17, 15) is 4.79 Å². The number of methoxy groups -OCH3 is 1. The Morgan fingerprint density at radius 2 is 2.42 bits per heavy atom. The van der Waals surface area contributed by atoms with E-state index in [0.29, 0.717) is 25.1 Å². The number of piperidine rings is 3. The largest absolute Gasteiger partial charge is 0.378 e. The SMILES string of the molecule is C=CCN(C)C(=O)[C@H]1CN2CC[C@@H]1C[C@@H]2Cn1cc(COC)nn1. The number of hydrogen-bond acceptors (Lipinski definition) is 5. The fraction of sp³-hybridized carbons (Fsp3) is 0.706. The van der Waals surface area contributed by atoms with Crippen LogP contribution in [0.1, 0.15) is 18.5 Å². The smallest absolute Gasteiger partial charge is 0.227 e. The predicted octanol–water partition coefficient (Wildman–Crippen LogP) is 0.779. The Morgan fingerprint density at radius 3 is 3.08 bits per heavy atom. The van der Waals surface area contributed by atoms with Gasteiger partial charge in [-0.05, 0) is 25.3 Å². The lowest BCUT2D eigenvalue weighted by atomic mass is 9.75. The summed E-state index contributed by atoms with van der Waals surface area (Å²) >= 11 is 0. The molecule has 0 aromatic carbocycles. The van der Waals surface area contributed by atoms with Crippen LogP contribution in [0.4, 0.5) is 0 Å². The third kappa shape index (κ3) is 3.52.